The highest BCUT2D eigenvalue weighted by molar-refractivity contribution is 7.99. The largest absolute Gasteiger partial charge is 0.366 e. The minimum atomic E-state index is -0.422. The molecule has 0 atom stereocenters. The molecule has 0 unspecified atom stereocenters. The van der Waals surface area contributed by atoms with Gasteiger partial charge in [-0.3, -0.25) is 4.79 Å². The summed E-state index contributed by atoms with van der Waals surface area (Å²) < 4.78 is 0. The second-order valence-corrected chi connectivity index (χ2v) is 6.99. The van der Waals surface area contributed by atoms with Crippen molar-refractivity contribution in [3.05, 3.63) is 47.2 Å². The number of carbonyl (C=O) groups is 1. The first-order valence-electron chi connectivity index (χ1n) is 7.78. The number of thioether (sulfide) groups is 1. The van der Waals surface area contributed by atoms with Gasteiger partial charge in [0.15, 0.2) is 0 Å². The van der Waals surface area contributed by atoms with Crippen molar-refractivity contribution in [1.82, 2.24) is 4.98 Å². The van der Waals surface area contributed by atoms with Crippen LogP contribution in [-0.2, 0) is 0 Å². The number of pyridine rings is 1. The molecule has 0 radical (unpaired) electrons. The van der Waals surface area contributed by atoms with Gasteiger partial charge < -0.3 is 10.6 Å². The fourth-order valence-corrected chi connectivity index (χ4v) is 3.91. The van der Waals surface area contributed by atoms with Gasteiger partial charge in [0.2, 0.25) is 0 Å². The summed E-state index contributed by atoms with van der Waals surface area (Å²) in [5, 5.41) is 0. The molecule has 5 heteroatoms. The van der Waals surface area contributed by atoms with Crippen LogP contribution >= 0.6 is 11.8 Å². The molecule has 2 N–H and O–H groups in total. The van der Waals surface area contributed by atoms with Crippen LogP contribution in [-0.4, -0.2) is 35.5 Å². The van der Waals surface area contributed by atoms with Gasteiger partial charge in [-0.2, -0.15) is 11.8 Å². The Morgan fingerprint density at radius 3 is 2.52 bits per heavy atom. The standard InChI is InChI=1S/C18H21N3OS/c1-12-5-3-4-6-14(12)15-11-16(21-7-9-23-10-8-21)20-13(2)17(15)18(19)22/h3-6,11H,7-10H2,1-2H3,(H2,19,22). The summed E-state index contributed by atoms with van der Waals surface area (Å²) in [5.74, 6) is 2.73. The molecule has 1 saturated heterocycles. The fraction of sp³-hybridized carbons (Fsp3) is 0.333. The summed E-state index contributed by atoms with van der Waals surface area (Å²) in [6, 6.07) is 10.1. The van der Waals surface area contributed by atoms with Gasteiger partial charge in [0.05, 0.1) is 11.3 Å². The number of amides is 1. The summed E-state index contributed by atoms with van der Waals surface area (Å²) in [7, 11) is 0. The Morgan fingerprint density at radius 1 is 1.17 bits per heavy atom. The highest BCUT2D eigenvalue weighted by Gasteiger charge is 2.20. The molecule has 0 aliphatic carbocycles. The van der Waals surface area contributed by atoms with Gasteiger partial charge >= 0.3 is 0 Å². The first kappa shape index (κ1) is 15.9. The number of primary amides is 1. The minimum Gasteiger partial charge on any atom is -0.366 e. The van der Waals surface area contributed by atoms with E-state index in [1.165, 1.54) is 0 Å². The molecule has 1 aromatic carbocycles. The maximum absolute atomic E-state index is 12.0. The maximum Gasteiger partial charge on any atom is 0.251 e. The predicted octanol–water partition coefficient (Wildman–Crippen LogP) is 3.02. The van der Waals surface area contributed by atoms with E-state index in [0.717, 1.165) is 47.1 Å². The molecule has 0 bridgehead atoms. The molecule has 120 valence electrons. The minimum absolute atomic E-state index is 0.422. The summed E-state index contributed by atoms with van der Waals surface area (Å²) >= 11 is 1.97. The Kier molecular flexibility index (Phi) is 4.57. The van der Waals surface area contributed by atoms with Gasteiger partial charge in [0, 0.05) is 30.2 Å². The molecule has 23 heavy (non-hydrogen) atoms. The number of nitrogens with zero attached hydrogens (tertiary/aromatic N) is 2. The van der Waals surface area contributed by atoms with Gasteiger partial charge in [0.1, 0.15) is 5.82 Å². The van der Waals surface area contributed by atoms with Crippen LogP contribution in [0.1, 0.15) is 21.6 Å². The van der Waals surface area contributed by atoms with Crippen molar-refractivity contribution in [2.24, 2.45) is 5.73 Å². The number of rotatable bonds is 3. The van der Waals surface area contributed by atoms with Gasteiger partial charge in [-0.25, -0.2) is 4.98 Å². The first-order valence-corrected chi connectivity index (χ1v) is 8.93. The second-order valence-electron chi connectivity index (χ2n) is 5.77. The predicted molar refractivity (Wildman–Crippen MR) is 97.2 cm³/mol. The molecule has 1 aliphatic heterocycles. The molecule has 1 amide bonds. The molecule has 1 aromatic heterocycles. The first-order chi connectivity index (χ1) is 11.1. The Hall–Kier alpha value is -2.01. The zero-order chi connectivity index (χ0) is 16.4. The number of carbonyl (C=O) groups excluding carboxylic acids is 1. The number of aromatic nitrogens is 1. The fourth-order valence-electron chi connectivity index (χ4n) is 3.01. The smallest absolute Gasteiger partial charge is 0.251 e. The summed E-state index contributed by atoms with van der Waals surface area (Å²) in [5.41, 5.74) is 9.91. The van der Waals surface area contributed by atoms with Crippen LogP contribution in [0.4, 0.5) is 5.82 Å². The van der Waals surface area contributed by atoms with Crippen molar-refractivity contribution >= 4 is 23.5 Å². The van der Waals surface area contributed by atoms with Gasteiger partial charge in [-0.15, -0.1) is 0 Å². The van der Waals surface area contributed by atoms with Crippen LogP contribution in [0.5, 0.6) is 0 Å². The number of benzene rings is 1. The van der Waals surface area contributed by atoms with E-state index in [-0.39, 0.29) is 0 Å². The SMILES string of the molecule is Cc1ccccc1-c1cc(N2CCSCC2)nc(C)c1C(N)=O. The lowest BCUT2D eigenvalue weighted by Gasteiger charge is -2.28. The van der Waals surface area contributed by atoms with Gasteiger partial charge in [0.25, 0.3) is 5.91 Å². The van der Waals surface area contributed by atoms with Crippen molar-refractivity contribution in [3.8, 4) is 11.1 Å². The lowest BCUT2D eigenvalue weighted by atomic mass is 9.95. The van der Waals surface area contributed by atoms with E-state index < -0.39 is 5.91 Å². The molecule has 2 heterocycles. The van der Waals surface area contributed by atoms with Crippen LogP contribution in [0.25, 0.3) is 11.1 Å². The molecule has 3 rings (SSSR count). The average molecular weight is 327 g/mol. The quantitative estimate of drug-likeness (QED) is 0.941. The monoisotopic (exact) mass is 327 g/mol. The van der Waals surface area contributed by atoms with Crippen molar-refractivity contribution in [2.45, 2.75) is 13.8 Å². The molecule has 1 aliphatic rings. The lowest BCUT2D eigenvalue weighted by Crippen LogP contribution is -2.33. The topological polar surface area (TPSA) is 59.2 Å². The van der Waals surface area contributed by atoms with Crippen LogP contribution in [0, 0.1) is 13.8 Å². The van der Waals surface area contributed by atoms with E-state index in [1.54, 1.807) is 0 Å². The van der Waals surface area contributed by atoms with Crippen molar-refractivity contribution < 1.29 is 4.79 Å². The molecule has 0 saturated carbocycles. The van der Waals surface area contributed by atoms with Crippen molar-refractivity contribution in [2.75, 3.05) is 29.5 Å². The van der Waals surface area contributed by atoms with Crippen molar-refractivity contribution in [1.29, 1.82) is 0 Å². The van der Waals surface area contributed by atoms with E-state index in [1.807, 2.05) is 55.9 Å². The number of aryl methyl sites for hydroxylation is 2. The van der Waals surface area contributed by atoms with Crippen LogP contribution < -0.4 is 10.6 Å². The number of nitrogens with two attached hydrogens (primary N) is 1. The summed E-state index contributed by atoms with van der Waals surface area (Å²) in [4.78, 5) is 18.9. The summed E-state index contributed by atoms with van der Waals surface area (Å²) in [6.07, 6.45) is 0. The lowest BCUT2D eigenvalue weighted by molar-refractivity contribution is 0.1000. The molecule has 1 fully saturated rings. The highest BCUT2D eigenvalue weighted by Crippen LogP contribution is 2.32. The zero-order valence-corrected chi connectivity index (χ0v) is 14.3. The molecular formula is C18H21N3OS. The number of anilines is 1. The average Bonchev–Trinajstić information content (AvgIpc) is 2.55. The number of hydrogen-bond donors (Lipinski definition) is 1. The maximum atomic E-state index is 12.0. The van der Waals surface area contributed by atoms with E-state index in [2.05, 4.69) is 9.88 Å². The van der Waals surface area contributed by atoms with E-state index >= 15 is 0 Å². The number of hydrogen-bond acceptors (Lipinski definition) is 4. The molecule has 2 aromatic rings. The Morgan fingerprint density at radius 2 is 1.87 bits per heavy atom. The van der Waals surface area contributed by atoms with Crippen LogP contribution in [0.2, 0.25) is 0 Å². The second kappa shape index (κ2) is 6.62. The third-order valence-electron chi connectivity index (χ3n) is 4.20. The van der Waals surface area contributed by atoms with Gasteiger partial charge in [-0.1, -0.05) is 24.3 Å². The highest BCUT2D eigenvalue weighted by atomic mass is 32.2. The summed E-state index contributed by atoms with van der Waals surface area (Å²) in [6.45, 7) is 5.89. The zero-order valence-electron chi connectivity index (χ0n) is 13.5. The normalized spacial score (nSPS) is 14.8. The Labute approximate surface area is 141 Å². The van der Waals surface area contributed by atoms with Gasteiger partial charge in [-0.05, 0) is 31.0 Å². The molecule has 4 nitrogen and oxygen atoms in total. The Bertz CT molecular complexity index is 739. The van der Waals surface area contributed by atoms with Crippen molar-refractivity contribution in [3.63, 3.8) is 0 Å². The molecule has 0 spiro atoms. The van der Waals surface area contributed by atoms with E-state index in [0.29, 0.717) is 11.3 Å². The van der Waals surface area contributed by atoms with Crippen LogP contribution in [0.3, 0.4) is 0 Å². The molecular weight excluding hydrogens is 306 g/mol. The van der Waals surface area contributed by atoms with E-state index in [4.69, 9.17) is 5.73 Å². The third kappa shape index (κ3) is 3.20. The van der Waals surface area contributed by atoms with E-state index in [9.17, 15) is 4.79 Å². The Balaban J connectivity index is 2.16. The third-order valence-corrected chi connectivity index (χ3v) is 5.15. The van der Waals surface area contributed by atoms with Crippen LogP contribution in [0.15, 0.2) is 30.3 Å².